The minimum Gasteiger partial charge on any atom is -0.497 e. The van der Waals surface area contributed by atoms with Crippen molar-refractivity contribution in [2.45, 2.75) is 6.10 Å². The van der Waals surface area contributed by atoms with E-state index in [1.807, 2.05) is 30.3 Å². The fourth-order valence-electron chi connectivity index (χ4n) is 2.98. The van der Waals surface area contributed by atoms with E-state index >= 15 is 0 Å². The van der Waals surface area contributed by atoms with Gasteiger partial charge in [0.15, 0.2) is 0 Å². The van der Waals surface area contributed by atoms with Crippen LogP contribution in [0.15, 0.2) is 36.4 Å². The number of methoxy groups -OCH3 is 2. The van der Waals surface area contributed by atoms with Crippen molar-refractivity contribution >= 4 is 22.8 Å². The van der Waals surface area contributed by atoms with Gasteiger partial charge in [-0.25, -0.2) is 4.79 Å². The second kappa shape index (κ2) is 8.05. The zero-order valence-corrected chi connectivity index (χ0v) is 14.9. The van der Waals surface area contributed by atoms with Crippen LogP contribution in [0.2, 0.25) is 0 Å². The summed E-state index contributed by atoms with van der Waals surface area (Å²) in [6.45, 7) is 1.32. The third-order valence-corrected chi connectivity index (χ3v) is 4.43. The molecular weight excluding hydrogens is 336 g/mol. The number of carbonyl (C=O) groups is 2. The fourth-order valence-corrected chi connectivity index (χ4v) is 2.98. The highest BCUT2D eigenvalue weighted by Crippen LogP contribution is 2.27. The number of fused-ring (bicyclic) bond motifs is 1. The SMILES string of the molecule is COC(=O)NCC(=O)N1CCO[C@H](c2ccc3cc(OC)ccc3c2)C1. The highest BCUT2D eigenvalue weighted by Gasteiger charge is 2.25. The Kier molecular flexibility index (Phi) is 5.58. The second-order valence-electron chi connectivity index (χ2n) is 6.02. The smallest absolute Gasteiger partial charge is 0.407 e. The van der Waals surface area contributed by atoms with E-state index in [-0.39, 0.29) is 18.6 Å². The third-order valence-electron chi connectivity index (χ3n) is 4.43. The van der Waals surface area contributed by atoms with E-state index in [9.17, 15) is 9.59 Å². The molecule has 0 spiro atoms. The van der Waals surface area contributed by atoms with Gasteiger partial charge in [0.05, 0.1) is 27.4 Å². The molecule has 1 heterocycles. The van der Waals surface area contributed by atoms with Gasteiger partial charge in [0, 0.05) is 6.54 Å². The highest BCUT2D eigenvalue weighted by molar-refractivity contribution is 5.85. The summed E-state index contributed by atoms with van der Waals surface area (Å²) in [4.78, 5) is 25.1. The predicted octanol–water partition coefficient (Wildman–Crippen LogP) is 2.10. The molecule has 1 aliphatic heterocycles. The zero-order chi connectivity index (χ0) is 18.5. The maximum atomic E-state index is 12.3. The Bertz CT molecular complexity index is 808. The fraction of sp³-hybridized carbons (Fsp3) is 0.368. The standard InChI is InChI=1S/C19H22N2O5/c1-24-16-6-5-13-9-15(4-3-14(13)10-16)17-12-21(7-8-26-17)18(22)11-20-19(23)25-2/h3-6,9-10,17H,7-8,11-12H2,1-2H3,(H,20,23)/t17-/m0/s1. The molecule has 0 aliphatic carbocycles. The number of hydrogen-bond donors (Lipinski definition) is 1. The van der Waals surface area contributed by atoms with Crippen LogP contribution in [0.1, 0.15) is 11.7 Å². The highest BCUT2D eigenvalue weighted by atomic mass is 16.5. The van der Waals surface area contributed by atoms with Gasteiger partial charge in [-0.1, -0.05) is 18.2 Å². The van der Waals surface area contributed by atoms with Crippen LogP contribution < -0.4 is 10.1 Å². The molecule has 138 valence electrons. The van der Waals surface area contributed by atoms with Gasteiger partial charge < -0.3 is 24.4 Å². The van der Waals surface area contributed by atoms with E-state index in [0.29, 0.717) is 19.7 Å². The number of nitrogens with one attached hydrogen (secondary N) is 1. The molecule has 1 saturated heterocycles. The van der Waals surface area contributed by atoms with Crippen LogP contribution in [0.5, 0.6) is 5.75 Å². The second-order valence-corrected chi connectivity index (χ2v) is 6.02. The molecule has 7 heteroatoms. The van der Waals surface area contributed by atoms with Gasteiger partial charge in [-0.15, -0.1) is 0 Å². The van der Waals surface area contributed by atoms with Crippen molar-refractivity contribution in [2.24, 2.45) is 0 Å². The van der Waals surface area contributed by atoms with Crippen molar-refractivity contribution in [1.29, 1.82) is 0 Å². The van der Waals surface area contributed by atoms with Crippen LogP contribution in [-0.2, 0) is 14.3 Å². The van der Waals surface area contributed by atoms with Crippen LogP contribution in [0.3, 0.4) is 0 Å². The number of alkyl carbamates (subject to hydrolysis) is 1. The van der Waals surface area contributed by atoms with Crippen molar-refractivity contribution in [3.05, 3.63) is 42.0 Å². The van der Waals surface area contributed by atoms with E-state index in [2.05, 4.69) is 16.1 Å². The molecule has 0 aromatic heterocycles. The Morgan fingerprint density at radius 1 is 1.19 bits per heavy atom. The lowest BCUT2D eigenvalue weighted by Crippen LogP contribution is -2.46. The monoisotopic (exact) mass is 358 g/mol. The Labute approximate surface area is 151 Å². The molecule has 0 radical (unpaired) electrons. The van der Waals surface area contributed by atoms with Crippen molar-refractivity contribution in [3.8, 4) is 5.75 Å². The first-order chi connectivity index (χ1) is 12.6. The van der Waals surface area contributed by atoms with Gasteiger partial charge >= 0.3 is 6.09 Å². The van der Waals surface area contributed by atoms with Crippen LogP contribution in [0, 0.1) is 0 Å². The number of carbonyl (C=O) groups excluding carboxylic acids is 2. The van der Waals surface area contributed by atoms with Crippen LogP contribution in [0.4, 0.5) is 4.79 Å². The lowest BCUT2D eigenvalue weighted by atomic mass is 10.0. The summed E-state index contributed by atoms with van der Waals surface area (Å²) in [6, 6.07) is 12.0. The number of ether oxygens (including phenoxy) is 3. The Balaban J connectivity index is 1.69. The molecule has 7 nitrogen and oxygen atoms in total. The Hall–Kier alpha value is -2.80. The number of nitrogens with zero attached hydrogens (tertiary/aromatic N) is 1. The predicted molar refractivity (Wildman–Crippen MR) is 96.2 cm³/mol. The van der Waals surface area contributed by atoms with Crippen molar-refractivity contribution in [2.75, 3.05) is 40.5 Å². The van der Waals surface area contributed by atoms with Gasteiger partial charge in [-0.05, 0) is 34.5 Å². The minimum atomic E-state index is -0.617. The van der Waals surface area contributed by atoms with Gasteiger partial charge in [0.1, 0.15) is 18.4 Å². The number of benzene rings is 2. The summed E-state index contributed by atoms with van der Waals surface area (Å²) < 4.78 is 15.6. The number of hydrogen-bond acceptors (Lipinski definition) is 5. The van der Waals surface area contributed by atoms with Gasteiger partial charge in [-0.3, -0.25) is 4.79 Å². The Morgan fingerprint density at radius 3 is 2.73 bits per heavy atom. The summed E-state index contributed by atoms with van der Waals surface area (Å²) in [7, 11) is 2.91. The molecular formula is C19H22N2O5. The molecule has 3 rings (SSSR count). The summed E-state index contributed by atoms with van der Waals surface area (Å²) >= 11 is 0. The van der Waals surface area contributed by atoms with E-state index in [0.717, 1.165) is 22.1 Å². The first-order valence-electron chi connectivity index (χ1n) is 8.39. The topological polar surface area (TPSA) is 77.1 Å². The van der Waals surface area contributed by atoms with E-state index in [1.54, 1.807) is 12.0 Å². The first kappa shape index (κ1) is 18.0. The molecule has 0 unspecified atom stereocenters. The minimum absolute atomic E-state index is 0.0864. The average Bonchev–Trinajstić information content (AvgIpc) is 2.70. The van der Waals surface area contributed by atoms with Gasteiger partial charge in [-0.2, -0.15) is 0 Å². The number of amides is 2. The van der Waals surface area contributed by atoms with E-state index in [1.165, 1.54) is 7.11 Å². The largest absolute Gasteiger partial charge is 0.497 e. The molecule has 2 aromatic carbocycles. The molecule has 2 aromatic rings. The van der Waals surface area contributed by atoms with E-state index in [4.69, 9.17) is 9.47 Å². The molecule has 0 saturated carbocycles. The molecule has 26 heavy (non-hydrogen) atoms. The maximum absolute atomic E-state index is 12.3. The lowest BCUT2D eigenvalue weighted by molar-refractivity contribution is -0.137. The number of morpholine rings is 1. The molecule has 2 amide bonds. The summed E-state index contributed by atoms with van der Waals surface area (Å²) in [5, 5.41) is 4.58. The molecule has 1 aliphatic rings. The molecule has 1 N–H and O–H groups in total. The molecule has 1 fully saturated rings. The van der Waals surface area contributed by atoms with Gasteiger partial charge in [0.2, 0.25) is 5.91 Å². The first-order valence-corrected chi connectivity index (χ1v) is 8.39. The van der Waals surface area contributed by atoms with Crippen LogP contribution in [-0.4, -0.2) is 57.4 Å². The van der Waals surface area contributed by atoms with Crippen LogP contribution >= 0.6 is 0 Å². The summed E-state index contributed by atoms with van der Waals surface area (Å²) in [5.41, 5.74) is 1.01. The van der Waals surface area contributed by atoms with Gasteiger partial charge in [0.25, 0.3) is 0 Å². The van der Waals surface area contributed by atoms with Crippen molar-refractivity contribution in [3.63, 3.8) is 0 Å². The van der Waals surface area contributed by atoms with Crippen molar-refractivity contribution in [1.82, 2.24) is 10.2 Å². The zero-order valence-electron chi connectivity index (χ0n) is 14.9. The summed E-state index contributed by atoms with van der Waals surface area (Å²) in [5.74, 6) is 0.656. The van der Waals surface area contributed by atoms with Crippen LogP contribution in [0.25, 0.3) is 10.8 Å². The molecule has 0 bridgehead atoms. The quantitative estimate of drug-likeness (QED) is 0.906. The average molecular weight is 358 g/mol. The third kappa shape index (κ3) is 4.05. The normalized spacial score (nSPS) is 17.0. The molecule has 1 atom stereocenters. The lowest BCUT2D eigenvalue weighted by Gasteiger charge is -2.33. The maximum Gasteiger partial charge on any atom is 0.407 e. The Morgan fingerprint density at radius 2 is 1.96 bits per heavy atom. The van der Waals surface area contributed by atoms with E-state index < -0.39 is 6.09 Å². The summed E-state index contributed by atoms with van der Waals surface area (Å²) in [6.07, 6.45) is -0.814. The van der Waals surface area contributed by atoms with Crippen molar-refractivity contribution < 1.29 is 23.8 Å². The number of rotatable bonds is 4.